The number of aromatic nitrogens is 2. The smallest absolute Gasteiger partial charge is 0.328 e. The van der Waals surface area contributed by atoms with Gasteiger partial charge in [-0.1, -0.05) is 0 Å². The highest BCUT2D eigenvalue weighted by atomic mass is 16.4. The topological polar surface area (TPSA) is 76.2 Å². The van der Waals surface area contributed by atoms with Crippen molar-refractivity contribution in [1.82, 2.24) is 9.97 Å². The number of carbonyl (C=O) groups is 1. The van der Waals surface area contributed by atoms with E-state index in [4.69, 9.17) is 9.52 Å². The molecule has 1 N–H and O–H groups in total. The van der Waals surface area contributed by atoms with Crippen molar-refractivity contribution >= 4 is 12.0 Å². The van der Waals surface area contributed by atoms with E-state index in [1.54, 1.807) is 12.3 Å². The highest BCUT2D eigenvalue weighted by molar-refractivity contribution is 5.84. The van der Waals surface area contributed by atoms with Crippen molar-refractivity contribution in [1.29, 1.82) is 0 Å². The van der Waals surface area contributed by atoms with E-state index in [0.29, 0.717) is 17.3 Å². The van der Waals surface area contributed by atoms with Crippen LogP contribution in [0.1, 0.15) is 11.6 Å². The predicted molar refractivity (Wildman–Crippen MR) is 61.1 cm³/mol. The molecule has 0 aliphatic rings. The minimum atomic E-state index is -1.03. The molecule has 0 aliphatic carbocycles. The summed E-state index contributed by atoms with van der Waals surface area (Å²) >= 11 is 0. The summed E-state index contributed by atoms with van der Waals surface area (Å²) in [7, 11) is 0. The first-order valence-electron chi connectivity index (χ1n) is 4.96. The normalized spacial score (nSPS) is 10.9. The van der Waals surface area contributed by atoms with Crippen molar-refractivity contribution in [3.8, 4) is 11.5 Å². The van der Waals surface area contributed by atoms with Gasteiger partial charge in [-0.05, 0) is 31.2 Å². The number of aryl methyl sites for hydroxylation is 1. The van der Waals surface area contributed by atoms with Crippen LogP contribution in [-0.2, 0) is 4.79 Å². The van der Waals surface area contributed by atoms with E-state index in [-0.39, 0.29) is 0 Å². The summed E-state index contributed by atoms with van der Waals surface area (Å²) in [6, 6.07) is 5.35. The number of hydrogen-bond donors (Lipinski definition) is 1. The molecule has 5 heteroatoms. The number of nitrogens with zero attached hydrogens (tertiary/aromatic N) is 2. The van der Waals surface area contributed by atoms with Gasteiger partial charge in [0.1, 0.15) is 11.5 Å². The van der Waals surface area contributed by atoms with E-state index in [2.05, 4.69) is 9.97 Å². The van der Waals surface area contributed by atoms with Gasteiger partial charge in [0.2, 0.25) is 0 Å². The molecule has 86 valence electrons. The van der Waals surface area contributed by atoms with Crippen LogP contribution >= 0.6 is 0 Å². The number of rotatable bonds is 3. The SMILES string of the molecule is Cc1ccc(-c2ccnc(/C=C/C(=O)O)n2)o1. The summed E-state index contributed by atoms with van der Waals surface area (Å²) < 4.78 is 5.42. The lowest BCUT2D eigenvalue weighted by Gasteiger charge is -1.97. The molecule has 0 amide bonds. The molecule has 17 heavy (non-hydrogen) atoms. The third-order valence-electron chi connectivity index (χ3n) is 2.04. The lowest BCUT2D eigenvalue weighted by molar-refractivity contribution is -0.131. The second-order valence-corrected chi connectivity index (χ2v) is 3.38. The molecule has 2 aromatic heterocycles. The van der Waals surface area contributed by atoms with Gasteiger partial charge in [-0.15, -0.1) is 0 Å². The van der Waals surface area contributed by atoms with Crippen molar-refractivity contribution in [3.05, 3.63) is 42.1 Å². The van der Waals surface area contributed by atoms with Gasteiger partial charge in [-0.2, -0.15) is 0 Å². The third-order valence-corrected chi connectivity index (χ3v) is 2.04. The molecule has 0 aromatic carbocycles. The van der Waals surface area contributed by atoms with Gasteiger partial charge in [0.05, 0.1) is 0 Å². The lowest BCUT2D eigenvalue weighted by Crippen LogP contribution is -1.91. The molecule has 0 radical (unpaired) electrons. The van der Waals surface area contributed by atoms with E-state index in [9.17, 15) is 4.79 Å². The van der Waals surface area contributed by atoms with Crippen molar-refractivity contribution in [2.75, 3.05) is 0 Å². The zero-order valence-electron chi connectivity index (χ0n) is 9.12. The van der Waals surface area contributed by atoms with Gasteiger partial charge in [-0.3, -0.25) is 0 Å². The molecule has 0 atom stereocenters. The van der Waals surface area contributed by atoms with E-state index >= 15 is 0 Å². The molecule has 2 aromatic rings. The van der Waals surface area contributed by atoms with Crippen LogP contribution in [0.25, 0.3) is 17.5 Å². The number of carboxylic acids is 1. The molecular weight excluding hydrogens is 220 g/mol. The Balaban J connectivity index is 2.31. The summed E-state index contributed by atoms with van der Waals surface area (Å²) in [5, 5.41) is 8.50. The van der Waals surface area contributed by atoms with E-state index in [1.807, 2.05) is 19.1 Å². The number of aliphatic carboxylic acids is 1. The molecule has 0 unspecified atom stereocenters. The maximum absolute atomic E-state index is 10.4. The number of furan rings is 1. The molecule has 0 spiro atoms. The summed E-state index contributed by atoms with van der Waals surface area (Å²) in [6.45, 7) is 1.84. The molecule has 0 saturated heterocycles. The zero-order chi connectivity index (χ0) is 12.3. The fraction of sp³-hybridized carbons (Fsp3) is 0.0833. The first-order valence-corrected chi connectivity index (χ1v) is 4.96. The summed E-state index contributed by atoms with van der Waals surface area (Å²) in [5.41, 5.74) is 0.623. The zero-order valence-corrected chi connectivity index (χ0v) is 9.12. The average molecular weight is 230 g/mol. The molecule has 0 saturated carbocycles. The Morgan fingerprint density at radius 3 is 2.88 bits per heavy atom. The predicted octanol–water partition coefficient (Wildman–Crippen LogP) is 2.14. The number of hydrogen-bond acceptors (Lipinski definition) is 4. The largest absolute Gasteiger partial charge is 0.478 e. The van der Waals surface area contributed by atoms with Crippen LogP contribution in [0.3, 0.4) is 0 Å². The monoisotopic (exact) mass is 230 g/mol. The van der Waals surface area contributed by atoms with Crippen LogP contribution in [0.4, 0.5) is 0 Å². The second kappa shape index (κ2) is 4.61. The second-order valence-electron chi connectivity index (χ2n) is 3.38. The van der Waals surface area contributed by atoms with Gasteiger partial charge < -0.3 is 9.52 Å². The molecule has 0 bridgehead atoms. The maximum Gasteiger partial charge on any atom is 0.328 e. The van der Waals surface area contributed by atoms with Gasteiger partial charge in [0, 0.05) is 12.3 Å². The van der Waals surface area contributed by atoms with E-state index < -0.39 is 5.97 Å². The molecule has 2 rings (SSSR count). The molecule has 0 fully saturated rings. The minimum Gasteiger partial charge on any atom is -0.478 e. The van der Waals surface area contributed by atoms with Crippen LogP contribution in [-0.4, -0.2) is 21.0 Å². The van der Waals surface area contributed by atoms with E-state index in [0.717, 1.165) is 11.8 Å². The van der Waals surface area contributed by atoms with Crippen LogP contribution in [0.2, 0.25) is 0 Å². The third kappa shape index (κ3) is 2.78. The fourth-order valence-electron chi connectivity index (χ4n) is 1.31. The van der Waals surface area contributed by atoms with Crippen LogP contribution in [0.15, 0.2) is 34.9 Å². The van der Waals surface area contributed by atoms with Gasteiger partial charge in [-0.25, -0.2) is 14.8 Å². The highest BCUT2D eigenvalue weighted by Gasteiger charge is 2.04. The van der Waals surface area contributed by atoms with Crippen LogP contribution < -0.4 is 0 Å². The maximum atomic E-state index is 10.4. The quantitative estimate of drug-likeness (QED) is 0.817. The standard InChI is InChI=1S/C12H10N2O3/c1-8-2-3-10(17-8)9-6-7-13-11(14-9)4-5-12(15)16/h2-7H,1H3,(H,15,16)/b5-4+. The van der Waals surface area contributed by atoms with Gasteiger partial charge >= 0.3 is 5.97 Å². The lowest BCUT2D eigenvalue weighted by atomic mass is 10.3. The Hall–Kier alpha value is -2.43. The summed E-state index contributed by atoms with van der Waals surface area (Å²) in [5.74, 6) is 0.725. The van der Waals surface area contributed by atoms with Crippen molar-refractivity contribution in [2.24, 2.45) is 0 Å². The van der Waals surface area contributed by atoms with Gasteiger partial charge in [0.15, 0.2) is 11.6 Å². The van der Waals surface area contributed by atoms with E-state index in [1.165, 1.54) is 6.08 Å². The Morgan fingerprint density at radius 1 is 1.41 bits per heavy atom. The van der Waals surface area contributed by atoms with Crippen molar-refractivity contribution in [3.63, 3.8) is 0 Å². The summed E-state index contributed by atoms with van der Waals surface area (Å²) in [6.07, 6.45) is 3.88. The summed E-state index contributed by atoms with van der Waals surface area (Å²) in [4.78, 5) is 18.5. The Bertz CT molecular complexity index is 573. The average Bonchev–Trinajstić information content (AvgIpc) is 2.74. The van der Waals surface area contributed by atoms with Crippen molar-refractivity contribution in [2.45, 2.75) is 6.92 Å². The molecule has 0 aliphatic heterocycles. The Labute approximate surface area is 97.4 Å². The van der Waals surface area contributed by atoms with Crippen LogP contribution in [0, 0.1) is 6.92 Å². The van der Waals surface area contributed by atoms with Crippen LogP contribution in [0.5, 0.6) is 0 Å². The first kappa shape index (κ1) is 11.1. The first-order chi connectivity index (χ1) is 8.15. The van der Waals surface area contributed by atoms with Gasteiger partial charge in [0.25, 0.3) is 0 Å². The minimum absolute atomic E-state index is 0.332. The molecule has 5 nitrogen and oxygen atoms in total. The number of carboxylic acid groups (broad SMARTS) is 1. The van der Waals surface area contributed by atoms with Crippen molar-refractivity contribution < 1.29 is 14.3 Å². The Kier molecular flexibility index (Phi) is 3.00. The fourth-order valence-corrected chi connectivity index (χ4v) is 1.31. The molecular formula is C12H10N2O3. The highest BCUT2D eigenvalue weighted by Crippen LogP contribution is 2.19. The molecule has 2 heterocycles. The Morgan fingerprint density at radius 2 is 2.24 bits per heavy atom.